The van der Waals surface area contributed by atoms with E-state index in [1.807, 2.05) is 31.2 Å². The molecular weight excluding hydrogens is 390 g/mol. The topological polar surface area (TPSA) is 128 Å². The van der Waals surface area contributed by atoms with E-state index in [9.17, 15) is 20.0 Å². The van der Waals surface area contributed by atoms with Crippen LogP contribution >= 0.6 is 0 Å². The van der Waals surface area contributed by atoms with Crippen molar-refractivity contribution in [1.29, 1.82) is 0 Å². The highest BCUT2D eigenvalue weighted by atomic mass is 16.6. The molecule has 3 rings (SSSR count). The summed E-state index contributed by atoms with van der Waals surface area (Å²) in [4.78, 5) is 27.3. The molecule has 0 fully saturated rings. The number of rotatable bonds is 7. The van der Waals surface area contributed by atoms with Gasteiger partial charge in [0.2, 0.25) is 0 Å². The average Bonchev–Trinajstić information content (AvgIpc) is 2.70. The van der Waals surface area contributed by atoms with Crippen LogP contribution in [0.5, 0.6) is 17.4 Å². The van der Waals surface area contributed by atoms with Crippen LogP contribution in [0.4, 0.5) is 5.69 Å². The molecule has 0 bridgehead atoms. The Morgan fingerprint density at radius 3 is 2.67 bits per heavy atom. The van der Waals surface area contributed by atoms with Gasteiger partial charge < -0.3 is 19.6 Å². The zero-order chi connectivity index (χ0) is 21.7. The molecule has 154 valence electrons. The molecule has 0 unspecified atom stereocenters. The van der Waals surface area contributed by atoms with E-state index in [2.05, 4.69) is 9.97 Å². The summed E-state index contributed by atoms with van der Waals surface area (Å²) in [5.41, 5.74) is 0.852. The first-order valence-corrected chi connectivity index (χ1v) is 8.89. The molecule has 1 aromatic heterocycles. The monoisotopic (exact) mass is 409 g/mol. The Kier molecular flexibility index (Phi) is 6.11. The second-order valence-electron chi connectivity index (χ2n) is 6.40. The largest absolute Gasteiger partial charge is 0.493 e. The van der Waals surface area contributed by atoms with Gasteiger partial charge in [-0.2, -0.15) is 4.98 Å². The van der Waals surface area contributed by atoms with Crippen LogP contribution in [0.1, 0.15) is 22.5 Å². The van der Waals surface area contributed by atoms with E-state index in [4.69, 9.17) is 9.47 Å². The fraction of sp³-hybridized carbons (Fsp3) is 0.143. The lowest BCUT2D eigenvalue weighted by Gasteiger charge is -2.11. The van der Waals surface area contributed by atoms with Gasteiger partial charge in [-0.15, -0.1) is 0 Å². The Morgan fingerprint density at radius 1 is 1.20 bits per heavy atom. The first kappa shape index (κ1) is 20.6. The maximum Gasteiger partial charge on any atom is 0.395 e. The molecule has 1 heterocycles. The smallest absolute Gasteiger partial charge is 0.395 e. The lowest BCUT2D eigenvalue weighted by molar-refractivity contribution is -0.387. The highest BCUT2D eigenvalue weighted by molar-refractivity contribution is 5.68. The fourth-order valence-corrected chi connectivity index (χ4v) is 2.76. The van der Waals surface area contributed by atoms with Gasteiger partial charge in [0.05, 0.1) is 12.0 Å². The summed E-state index contributed by atoms with van der Waals surface area (Å²) in [5, 5.41) is 20.3. The molecule has 0 atom stereocenters. The summed E-state index contributed by atoms with van der Waals surface area (Å²) in [6.45, 7) is 2.40. The lowest BCUT2D eigenvalue weighted by atomic mass is 10.1. The van der Waals surface area contributed by atoms with Gasteiger partial charge in [-0.3, -0.25) is 14.9 Å². The Morgan fingerprint density at radius 2 is 2.00 bits per heavy atom. The van der Waals surface area contributed by atoms with Crippen molar-refractivity contribution in [2.45, 2.75) is 13.5 Å². The summed E-state index contributed by atoms with van der Waals surface area (Å²) in [5.74, 6) is 0.108. The Bertz CT molecular complexity index is 1170. The van der Waals surface area contributed by atoms with Crippen LogP contribution in [-0.2, 0) is 6.61 Å². The third kappa shape index (κ3) is 4.82. The molecule has 0 radical (unpaired) electrons. The number of H-pyrrole nitrogens is 1. The number of ether oxygens (including phenoxy) is 2. The molecule has 0 spiro atoms. The molecule has 0 aliphatic carbocycles. The van der Waals surface area contributed by atoms with E-state index in [0.717, 1.165) is 11.1 Å². The van der Waals surface area contributed by atoms with E-state index < -0.39 is 22.0 Å². The number of aromatic hydroxyl groups is 1. The summed E-state index contributed by atoms with van der Waals surface area (Å²) >= 11 is 0. The number of aryl methyl sites for hydroxylation is 1. The van der Waals surface area contributed by atoms with Gasteiger partial charge in [0.15, 0.2) is 11.5 Å². The van der Waals surface area contributed by atoms with Gasteiger partial charge in [0.1, 0.15) is 12.4 Å². The maximum atomic E-state index is 11.7. The van der Waals surface area contributed by atoms with Crippen LogP contribution in [-0.4, -0.2) is 27.1 Å². The summed E-state index contributed by atoms with van der Waals surface area (Å²) in [6.07, 6.45) is 3.02. The van der Waals surface area contributed by atoms with Crippen LogP contribution in [0.25, 0.3) is 12.2 Å². The van der Waals surface area contributed by atoms with Crippen molar-refractivity contribution in [3.05, 3.63) is 85.4 Å². The number of methoxy groups -OCH3 is 1. The minimum absolute atomic E-state index is 0.0261. The minimum atomic E-state index is -1.04. The second-order valence-corrected chi connectivity index (χ2v) is 6.40. The number of aromatic amines is 1. The highest BCUT2D eigenvalue weighted by Crippen LogP contribution is 2.29. The number of aromatic nitrogens is 2. The van der Waals surface area contributed by atoms with Gasteiger partial charge in [0.25, 0.3) is 5.88 Å². The second kappa shape index (κ2) is 8.91. The Labute approximate surface area is 171 Å². The van der Waals surface area contributed by atoms with Crippen LogP contribution in [0.3, 0.4) is 0 Å². The quantitative estimate of drug-likeness (QED) is 0.452. The van der Waals surface area contributed by atoms with Crippen LogP contribution in [0, 0.1) is 17.0 Å². The van der Waals surface area contributed by atoms with Crippen molar-refractivity contribution in [2.24, 2.45) is 0 Å². The molecule has 3 aromatic rings. The molecule has 2 aromatic carbocycles. The van der Waals surface area contributed by atoms with E-state index in [1.165, 1.54) is 13.2 Å². The minimum Gasteiger partial charge on any atom is -0.493 e. The van der Waals surface area contributed by atoms with E-state index >= 15 is 0 Å². The zero-order valence-electron chi connectivity index (χ0n) is 16.3. The average molecular weight is 409 g/mol. The summed E-state index contributed by atoms with van der Waals surface area (Å²) in [7, 11) is 1.52. The SMILES string of the molecule is COc1cc(/C=C/c2nc(O)c([N+](=O)[O-])c(=O)[nH]2)ccc1OCc1cccc(C)c1. The predicted molar refractivity (Wildman–Crippen MR) is 111 cm³/mol. The Hall–Kier alpha value is -4.14. The van der Waals surface area contributed by atoms with Crippen molar-refractivity contribution in [3.63, 3.8) is 0 Å². The van der Waals surface area contributed by atoms with E-state index in [0.29, 0.717) is 23.7 Å². The number of hydrogen-bond acceptors (Lipinski definition) is 7. The summed E-state index contributed by atoms with van der Waals surface area (Å²) in [6, 6.07) is 13.2. The van der Waals surface area contributed by atoms with Gasteiger partial charge in [0, 0.05) is 0 Å². The molecule has 9 nitrogen and oxygen atoms in total. The maximum absolute atomic E-state index is 11.7. The summed E-state index contributed by atoms with van der Waals surface area (Å²) < 4.78 is 11.2. The van der Waals surface area contributed by atoms with Gasteiger partial charge in [-0.05, 0) is 36.3 Å². The predicted octanol–water partition coefficient (Wildman–Crippen LogP) is 3.45. The molecule has 0 saturated carbocycles. The van der Waals surface area contributed by atoms with Crippen molar-refractivity contribution in [1.82, 2.24) is 9.97 Å². The molecular formula is C21H19N3O6. The van der Waals surface area contributed by atoms with Crippen LogP contribution < -0.4 is 15.0 Å². The molecule has 0 saturated heterocycles. The lowest BCUT2D eigenvalue weighted by Crippen LogP contribution is -2.14. The normalized spacial score (nSPS) is 10.9. The number of nitrogens with one attached hydrogen (secondary N) is 1. The standard InChI is InChI=1S/C21H19N3O6/c1-13-4-3-5-15(10-13)12-30-16-8-6-14(11-17(16)29-2)7-9-18-22-20(25)19(24(27)28)21(26)23-18/h3-11H,12H2,1-2H3,(H2,22,23,25,26)/b9-7+. The van der Waals surface area contributed by atoms with E-state index in [1.54, 1.807) is 24.3 Å². The molecule has 0 amide bonds. The van der Waals surface area contributed by atoms with Crippen molar-refractivity contribution in [3.8, 4) is 17.4 Å². The molecule has 30 heavy (non-hydrogen) atoms. The first-order chi connectivity index (χ1) is 14.4. The van der Waals surface area contributed by atoms with Gasteiger partial charge >= 0.3 is 11.2 Å². The van der Waals surface area contributed by atoms with Gasteiger partial charge in [-0.1, -0.05) is 42.0 Å². The van der Waals surface area contributed by atoms with Crippen molar-refractivity contribution in [2.75, 3.05) is 7.11 Å². The third-order valence-electron chi connectivity index (χ3n) is 4.18. The Balaban J connectivity index is 1.77. The number of hydrogen-bond donors (Lipinski definition) is 2. The van der Waals surface area contributed by atoms with Crippen LogP contribution in [0.2, 0.25) is 0 Å². The van der Waals surface area contributed by atoms with Crippen molar-refractivity contribution >= 4 is 17.8 Å². The zero-order valence-corrected chi connectivity index (χ0v) is 16.3. The van der Waals surface area contributed by atoms with Crippen molar-refractivity contribution < 1.29 is 19.5 Å². The highest BCUT2D eigenvalue weighted by Gasteiger charge is 2.21. The molecule has 2 N–H and O–H groups in total. The van der Waals surface area contributed by atoms with E-state index in [-0.39, 0.29) is 5.82 Å². The van der Waals surface area contributed by atoms with Crippen LogP contribution in [0.15, 0.2) is 47.3 Å². The first-order valence-electron chi connectivity index (χ1n) is 8.89. The fourth-order valence-electron chi connectivity index (χ4n) is 2.76. The number of nitro groups is 1. The molecule has 9 heteroatoms. The molecule has 0 aliphatic heterocycles. The van der Waals surface area contributed by atoms with Gasteiger partial charge in [-0.25, -0.2) is 0 Å². The number of benzene rings is 2. The third-order valence-corrected chi connectivity index (χ3v) is 4.18. The molecule has 0 aliphatic rings. The number of nitrogens with zero attached hydrogens (tertiary/aromatic N) is 2.